The van der Waals surface area contributed by atoms with Crippen molar-refractivity contribution in [2.75, 3.05) is 13.1 Å². The molecule has 1 fully saturated rings. The monoisotopic (exact) mass is 302 g/mol. The molecule has 22 heavy (non-hydrogen) atoms. The maximum Gasteiger partial charge on any atom is 0.314 e. The molecule has 2 heterocycles. The summed E-state index contributed by atoms with van der Waals surface area (Å²) in [5.74, 6) is 0.147. The van der Waals surface area contributed by atoms with Crippen LogP contribution in [0, 0.1) is 0 Å². The lowest BCUT2D eigenvalue weighted by molar-refractivity contribution is 0.190. The van der Waals surface area contributed by atoms with Crippen LogP contribution in [0.3, 0.4) is 0 Å². The molecule has 6 nitrogen and oxygen atoms in total. The predicted octanol–water partition coefficient (Wildman–Crippen LogP) is 2.04. The van der Waals surface area contributed by atoms with Crippen molar-refractivity contribution in [3.05, 3.63) is 53.0 Å². The van der Waals surface area contributed by atoms with Gasteiger partial charge in [0.15, 0.2) is 0 Å². The molecule has 0 unspecified atom stereocenters. The van der Waals surface area contributed by atoms with E-state index in [0.717, 1.165) is 24.1 Å². The summed E-state index contributed by atoms with van der Waals surface area (Å²) in [5, 5.41) is 2.82. The first-order chi connectivity index (χ1) is 10.6. The van der Waals surface area contributed by atoms with Crippen molar-refractivity contribution in [3.63, 3.8) is 0 Å². The second-order valence-corrected chi connectivity index (χ2v) is 5.32. The number of allylic oxidation sites excluding steroid dienone is 5. The standard InChI is InChI=1S/C16H22N4O2/c1-3-5-6-13(4-2)20-11-14(15(21)18-20)12-7-9-19(10-8-12)16(17)22/h3-6,11-12H,2,7-10H2,1H3,(H2,17,22)(H,18,21)/b5-3-,13-6+. The fraction of sp³-hybridized carbons (Fsp3) is 0.375. The quantitative estimate of drug-likeness (QED) is 0.834. The molecule has 1 saturated heterocycles. The second kappa shape index (κ2) is 6.98. The van der Waals surface area contributed by atoms with Crippen molar-refractivity contribution in [1.82, 2.24) is 14.7 Å². The normalized spacial score (nSPS) is 17.1. The molecule has 1 aromatic rings. The molecule has 6 heteroatoms. The number of nitrogens with two attached hydrogens (primary N) is 1. The maximum atomic E-state index is 12.2. The third kappa shape index (κ3) is 3.39. The summed E-state index contributed by atoms with van der Waals surface area (Å²) >= 11 is 0. The molecule has 0 saturated carbocycles. The Morgan fingerprint density at radius 3 is 2.68 bits per heavy atom. The van der Waals surface area contributed by atoms with Gasteiger partial charge in [-0.2, -0.15) is 0 Å². The number of amides is 2. The fourth-order valence-corrected chi connectivity index (χ4v) is 2.69. The Kier molecular flexibility index (Phi) is 5.04. The lowest BCUT2D eigenvalue weighted by Crippen LogP contribution is -2.41. The van der Waals surface area contributed by atoms with Gasteiger partial charge in [0.25, 0.3) is 5.56 Å². The van der Waals surface area contributed by atoms with Gasteiger partial charge in [-0.15, -0.1) is 0 Å². The highest BCUT2D eigenvalue weighted by Crippen LogP contribution is 2.26. The number of primary amides is 1. The minimum absolute atomic E-state index is 0.0919. The van der Waals surface area contributed by atoms with Gasteiger partial charge < -0.3 is 10.6 Å². The van der Waals surface area contributed by atoms with Crippen LogP contribution in [0.2, 0.25) is 0 Å². The van der Waals surface area contributed by atoms with Gasteiger partial charge in [0, 0.05) is 24.8 Å². The molecule has 1 aliphatic heterocycles. The van der Waals surface area contributed by atoms with Gasteiger partial charge >= 0.3 is 6.03 Å². The van der Waals surface area contributed by atoms with Gasteiger partial charge in [0.2, 0.25) is 0 Å². The molecule has 3 N–H and O–H groups in total. The smallest absolute Gasteiger partial charge is 0.314 e. The molecule has 1 aromatic heterocycles. The van der Waals surface area contributed by atoms with E-state index < -0.39 is 6.03 Å². The Morgan fingerprint density at radius 1 is 1.45 bits per heavy atom. The van der Waals surface area contributed by atoms with Gasteiger partial charge in [-0.05, 0) is 37.8 Å². The zero-order chi connectivity index (χ0) is 16.1. The van der Waals surface area contributed by atoms with Crippen LogP contribution in [0.1, 0.15) is 31.2 Å². The number of hydrogen-bond donors (Lipinski definition) is 2. The summed E-state index contributed by atoms with van der Waals surface area (Å²) in [5.41, 5.74) is 6.74. The van der Waals surface area contributed by atoms with E-state index in [1.165, 1.54) is 0 Å². The summed E-state index contributed by atoms with van der Waals surface area (Å²) in [4.78, 5) is 24.9. The van der Waals surface area contributed by atoms with Crippen LogP contribution in [0.25, 0.3) is 5.70 Å². The van der Waals surface area contributed by atoms with Gasteiger partial charge in [-0.1, -0.05) is 18.7 Å². The minimum Gasteiger partial charge on any atom is -0.351 e. The molecule has 2 amide bonds. The van der Waals surface area contributed by atoms with Gasteiger partial charge in [0.1, 0.15) is 0 Å². The molecule has 0 aliphatic carbocycles. The summed E-state index contributed by atoms with van der Waals surface area (Å²) in [6.45, 7) is 6.87. The van der Waals surface area contributed by atoms with Gasteiger partial charge in [-0.3, -0.25) is 14.6 Å². The van der Waals surface area contributed by atoms with E-state index in [0.29, 0.717) is 13.1 Å². The zero-order valence-electron chi connectivity index (χ0n) is 12.8. The number of urea groups is 1. The van der Waals surface area contributed by atoms with Gasteiger partial charge in [-0.25, -0.2) is 4.79 Å². The average Bonchev–Trinajstić information content (AvgIpc) is 2.90. The molecule has 118 valence electrons. The van der Waals surface area contributed by atoms with Crippen LogP contribution < -0.4 is 11.3 Å². The number of hydrogen-bond acceptors (Lipinski definition) is 2. The Balaban J connectivity index is 2.19. The van der Waals surface area contributed by atoms with E-state index in [9.17, 15) is 9.59 Å². The van der Waals surface area contributed by atoms with Crippen molar-refractivity contribution in [2.24, 2.45) is 5.73 Å². The van der Waals surface area contributed by atoms with E-state index in [2.05, 4.69) is 11.7 Å². The highest BCUT2D eigenvalue weighted by atomic mass is 16.2. The number of H-pyrrole nitrogens is 1. The number of nitrogens with zero attached hydrogens (tertiary/aromatic N) is 2. The number of nitrogens with one attached hydrogen (secondary N) is 1. The number of carbonyl (C=O) groups is 1. The molecular weight excluding hydrogens is 280 g/mol. The molecule has 0 atom stereocenters. The number of rotatable bonds is 4. The Bertz CT molecular complexity index is 658. The molecule has 2 rings (SSSR count). The molecule has 0 radical (unpaired) electrons. The highest BCUT2D eigenvalue weighted by Gasteiger charge is 2.25. The fourth-order valence-electron chi connectivity index (χ4n) is 2.69. The average molecular weight is 302 g/mol. The lowest BCUT2D eigenvalue weighted by atomic mass is 9.91. The van der Waals surface area contributed by atoms with Crippen LogP contribution in [0.5, 0.6) is 0 Å². The van der Waals surface area contributed by atoms with Crippen LogP contribution in [-0.4, -0.2) is 33.8 Å². The van der Waals surface area contributed by atoms with Crippen molar-refractivity contribution < 1.29 is 4.79 Å². The molecule has 1 aliphatic rings. The van der Waals surface area contributed by atoms with Crippen molar-refractivity contribution in [2.45, 2.75) is 25.7 Å². The molecular formula is C16H22N4O2. The van der Waals surface area contributed by atoms with Crippen molar-refractivity contribution in [3.8, 4) is 0 Å². The van der Waals surface area contributed by atoms with Crippen molar-refractivity contribution >= 4 is 11.7 Å². The Labute approximate surface area is 129 Å². The number of aromatic amines is 1. The first-order valence-corrected chi connectivity index (χ1v) is 7.38. The summed E-state index contributed by atoms with van der Waals surface area (Å²) < 4.78 is 1.69. The maximum absolute atomic E-state index is 12.2. The molecule has 0 spiro atoms. The first kappa shape index (κ1) is 15.9. The highest BCUT2D eigenvalue weighted by molar-refractivity contribution is 5.72. The summed E-state index contributed by atoms with van der Waals surface area (Å²) in [7, 11) is 0. The number of likely N-dealkylation sites (tertiary alicyclic amines) is 1. The molecule has 0 bridgehead atoms. The van der Waals surface area contributed by atoms with Crippen LogP contribution in [0.15, 0.2) is 41.9 Å². The third-order valence-corrected chi connectivity index (χ3v) is 3.95. The Morgan fingerprint density at radius 2 is 2.14 bits per heavy atom. The first-order valence-electron chi connectivity index (χ1n) is 7.38. The SMILES string of the molecule is C=C/C(=C\C=C/C)n1cc(C2CCN(C(N)=O)CC2)c(=O)[nH]1. The number of piperidine rings is 1. The minimum atomic E-state index is -0.395. The second-order valence-electron chi connectivity index (χ2n) is 5.32. The third-order valence-electron chi connectivity index (χ3n) is 3.95. The Hall–Kier alpha value is -2.50. The summed E-state index contributed by atoms with van der Waals surface area (Å²) in [6, 6.07) is -0.395. The molecule has 0 aromatic carbocycles. The van der Waals surface area contributed by atoms with E-state index in [1.807, 2.05) is 31.3 Å². The van der Waals surface area contributed by atoms with E-state index in [1.54, 1.807) is 15.7 Å². The topological polar surface area (TPSA) is 84.1 Å². The lowest BCUT2D eigenvalue weighted by Gasteiger charge is -2.29. The largest absolute Gasteiger partial charge is 0.351 e. The zero-order valence-corrected chi connectivity index (χ0v) is 12.8. The van der Waals surface area contributed by atoms with Gasteiger partial charge in [0.05, 0.1) is 5.70 Å². The van der Waals surface area contributed by atoms with Crippen LogP contribution in [-0.2, 0) is 0 Å². The van der Waals surface area contributed by atoms with Crippen LogP contribution in [0.4, 0.5) is 4.79 Å². The van der Waals surface area contributed by atoms with E-state index in [4.69, 9.17) is 5.73 Å². The number of carbonyl (C=O) groups excluding carboxylic acids is 1. The van der Waals surface area contributed by atoms with E-state index in [-0.39, 0.29) is 11.5 Å². The summed E-state index contributed by atoms with van der Waals surface area (Å²) in [6.07, 6.45) is 10.7. The number of aromatic nitrogens is 2. The van der Waals surface area contributed by atoms with Crippen LogP contribution >= 0.6 is 0 Å². The van der Waals surface area contributed by atoms with Crippen molar-refractivity contribution in [1.29, 1.82) is 0 Å². The van der Waals surface area contributed by atoms with E-state index >= 15 is 0 Å². The predicted molar refractivity (Wildman–Crippen MR) is 87.5 cm³/mol.